The van der Waals surface area contributed by atoms with Gasteiger partial charge >= 0.3 is 6.03 Å². The highest BCUT2D eigenvalue weighted by atomic mass is 32.2. The van der Waals surface area contributed by atoms with Gasteiger partial charge in [-0.2, -0.15) is 4.31 Å². The Hall–Kier alpha value is -4.09. The third kappa shape index (κ3) is 7.15. The summed E-state index contributed by atoms with van der Waals surface area (Å²) >= 11 is 0. The van der Waals surface area contributed by atoms with Crippen LogP contribution in [0.1, 0.15) is 50.5 Å². The first kappa shape index (κ1) is 31.9. The van der Waals surface area contributed by atoms with Crippen molar-refractivity contribution in [2.75, 3.05) is 42.2 Å². The highest BCUT2D eigenvalue weighted by Crippen LogP contribution is 2.30. The number of nitrogens with zero attached hydrogens (tertiary/aromatic N) is 3. The molecule has 3 amide bonds. The van der Waals surface area contributed by atoms with Gasteiger partial charge in [0.25, 0.3) is 0 Å². The highest BCUT2D eigenvalue weighted by molar-refractivity contribution is 7.89. The fraction of sp³-hybridized carbons (Fsp3) is 0.429. The lowest BCUT2D eigenvalue weighted by atomic mass is 10.1. The Labute approximate surface area is 271 Å². The van der Waals surface area contributed by atoms with Crippen LogP contribution in [-0.2, 0) is 14.8 Å². The lowest BCUT2D eigenvalue weighted by Crippen LogP contribution is -2.50. The van der Waals surface area contributed by atoms with Crippen molar-refractivity contribution in [1.29, 1.82) is 0 Å². The van der Waals surface area contributed by atoms with E-state index in [0.717, 1.165) is 42.8 Å². The molecule has 0 spiro atoms. The molecule has 10 nitrogen and oxygen atoms in total. The summed E-state index contributed by atoms with van der Waals surface area (Å²) in [5.41, 5.74) is 3.33. The molecule has 2 N–H and O–H groups in total. The minimum atomic E-state index is -3.76. The normalized spacial score (nSPS) is 20.5. The number of carbonyl (C=O) groups excluding carboxylic acids is 2. The van der Waals surface area contributed by atoms with Crippen molar-refractivity contribution in [1.82, 2.24) is 9.21 Å². The largest absolute Gasteiger partial charge is 0.490 e. The molecule has 1 unspecified atom stereocenters. The van der Waals surface area contributed by atoms with Crippen molar-refractivity contribution < 1.29 is 22.7 Å². The van der Waals surface area contributed by atoms with Gasteiger partial charge in [-0.3, -0.25) is 4.79 Å². The van der Waals surface area contributed by atoms with Crippen LogP contribution in [0.4, 0.5) is 21.9 Å². The number of anilines is 3. The number of hydrogen-bond acceptors (Lipinski definition) is 6. The van der Waals surface area contributed by atoms with Crippen LogP contribution < -0.4 is 20.3 Å². The summed E-state index contributed by atoms with van der Waals surface area (Å²) in [5.74, 6) is 0.668. The first-order valence-corrected chi connectivity index (χ1v) is 17.7. The SMILES string of the molecule is Cc1ccc(S(=O)(=O)N2CCC[C@@H]2C(=O)N(C)C2CCN(c3ccc(NC(=O)Nc4ccc(OC5CCCC5)cc4)cc3)C2)cc1. The van der Waals surface area contributed by atoms with Crippen molar-refractivity contribution in [3.05, 3.63) is 78.4 Å². The molecule has 0 bridgehead atoms. The molecule has 2 saturated heterocycles. The Balaban J connectivity index is 1.00. The summed E-state index contributed by atoms with van der Waals surface area (Å²) < 4.78 is 34.2. The van der Waals surface area contributed by atoms with E-state index >= 15 is 0 Å². The Kier molecular flexibility index (Phi) is 9.51. The summed E-state index contributed by atoms with van der Waals surface area (Å²) in [6, 6.07) is 20.8. The van der Waals surface area contributed by atoms with Crippen LogP contribution >= 0.6 is 0 Å². The fourth-order valence-corrected chi connectivity index (χ4v) is 8.34. The predicted molar refractivity (Wildman–Crippen MR) is 180 cm³/mol. The maximum Gasteiger partial charge on any atom is 0.323 e. The van der Waals surface area contributed by atoms with Gasteiger partial charge in [0.15, 0.2) is 0 Å². The number of sulfonamides is 1. The predicted octanol–water partition coefficient (Wildman–Crippen LogP) is 5.85. The average molecular weight is 646 g/mol. The molecule has 1 aliphatic carbocycles. The first-order valence-electron chi connectivity index (χ1n) is 16.2. The van der Waals surface area contributed by atoms with Crippen molar-refractivity contribution in [2.45, 2.75) is 75.0 Å². The molecule has 6 rings (SSSR count). The topological polar surface area (TPSA) is 111 Å². The van der Waals surface area contributed by atoms with Gasteiger partial charge < -0.3 is 25.2 Å². The number of hydrogen-bond donors (Lipinski definition) is 2. The molecule has 2 heterocycles. The highest BCUT2D eigenvalue weighted by Gasteiger charge is 2.42. The van der Waals surface area contributed by atoms with Gasteiger partial charge in [-0.05, 0) is 113 Å². The Bertz CT molecular complexity index is 1620. The Morgan fingerprint density at radius 1 is 0.804 bits per heavy atom. The second-order valence-corrected chi connectivity index (χ2v) is 14.5. The number of amides is 3. The molecule has 0 radical (unpaired) electrons. The van der Waals surface area contributed by atoms with Crippen molar-refractivity contribution in [3.8, 4) is 5.75 Å². The molecule has 2 atom stereocenters. The van der Waals surface area contributed by atoms with Crippen LogP contribution in [-0.4, -0.2) is 74.4 Å². The van der Waals surface area contributed by atoms with Crippen LogP contribution in [0.5, 0.6) is 5.75 Å². The van der Waals surface area contributed by atoms with Crippen LogP contribution in [0, 0.1) is 6.92 Å². The van der Waals surface area contributed by atoms with Crippen LogP contribution in [0.15, 0.2) is 77.7 Å². The maximum absolute atomic E-state index is 13.6. The standard InChI is InChI=1S/C35H43N5O5S/c1-25-9-19-32(20-10-25)46(43,44)40-22-5-8-33(40)34(41)38(2)29-21-23-39(24-29)28-15-11-26(12-16-28)36-35(42)37-27-13-17-31(18-14-27)45-30-6-3-4-7-30/h9-20,29-30,33H,3-8,21-24H2,1-2H3,(H2,36,37,42)/t29?,33-/m1/s1. The number of likely N-dealkylation sites (N-methyl/N-ethyl adjacent to an activating group) is 1. The van der Waals surface area contributed by atoms with Gasteiger partial charge in [0.2, 0.25) is 15.9 Å². The van der Waals surface area contributed by atoms with E-state index < -0.39 is 16.1 Å². The Morgan fingerprint density at radius 2 is 1.43 bits per heavy atom. The molecule has 3 aromatic rings. The monoisotopic (exact) mass is 645 g/mol. The van der Waals surface area contributed by atoms with Gasteiger partial charge in [-0.25, -0.2) is 13.2 Å². The van der Waals surface area contributed by atoms with E-state index in [2.05, 4.69) is 15.5 Å². The fourth-order valence-electron chi connectivity index (χ4n) is 6.69. The zero-order valence-corrected chi connectivity index (χ0v) is 27.3. The van der Waals surface area contributed by atoms with E-state index in [0.29, 0.717) is 43.4 Å². The summed E-state index contributed by atoms with van der Waals surface area (Å²) in [7, 11) is -1.98. The summed E-state index contributed by atoms with van der Waals surface area (Å²) in [6.45, 7) is 3.67. The molecule has 0 aromatic heterocycles. The van der Waals surface area contributed by atoms with E-state index in [1.807, 2.05) is 55.5 Å². The van der Waals surface area contributed by atoms with E-state index in [9.17, 15) is 18.0 Å². The lowest BCUT2D eigenvalue weighted by molar-refractivity contribution is -0.135. The molecule has 3 aliphatic rings. The molecule has 11 heteroatoms. The van der Waals surface area contributed by atoms with Crippen LogP contribution in [0.2, 0.25) is 0 Å². The third-order valence-corrected chi connectivity index (χ3v) is 11.3. The average Bonchev–Trinajstić information content (AvgIpc) is 3.85. The number of aryl methyl sites for hydroxylation is 1. The number of nitrogens with one attached hydrogen (secondary N) is 2. The van der Waals surface area contributed by atoms with Gasteiger partial charge in [0.05, 0.1) is 17.0 Å². The molecule has 244 valence electrons. The zero-order valence-electron chi connectivity index (χ0n) is 26.5. The van der Waals surface area contributed by atoms with E-state index in [1.165, 1.54) is 17.1 Å². The van der Waals surface area contributed by atoms with E-state index in [1.54, 1.807) is 36.2 Å². The van der Waals surface area contributed by atoms with Crippen molar-refractivity contribution >= 4 is 39.0 Å². The van der Waals surface area contributed by atoms with E-state index in [-0.39, 0.29) is 22.9 Å². The quantitative estimate of drug-likeness (QED) is 0.302. The van der Waals surface area contributed by atoms with E-state index in [4.69, 9.17) is 4.74 Å². The molecule has 3 fully saturated rings. The Morgan fingerprint density at radius 3 is 2.09 bits per heavy atom. The number of rotatable bonds is 9. The summed E-state index contributed by atoms with van der Waals surface area (Å²) in [5, 5.41) is 5.74. The van der Waals surface area contributed by atoms with Gasteiger partial charge in [-0.1, -0.05) is 17.7 Å². The molecule has 3 aromatic carbocycles. The number of carbonyl (C=O) groups is 2. The molecular weight excluding hydrogens is 602 g/mol. The van der Waals surface area contributed by atoms with Crippen molar-refractivity contribution in [3.63, 3.8) is 0 Å². The molecule has 1 saturated carbocycles. The number of ether oxygens (including phenoxy) is 1. The summed E-state index contributed by atoms with van der Waals surface area (Å²) in [6.07, 6.45) is 6.88. The minimum Gasteiger partial charge on any atom is -0.490 e. The van der Waals surface area contributed by atoms with Crippen LogP contribution in [0.3, 0.4) is 0 Å². The van der Waals surface area contributed by atoms with Crippen LogP contribution in [0.25, 0.3) is 0 Å². The van der Waals surface area contributed by atoms with Gasteiger partial charge in [0.1, 0.15) is 11.8 Å². The van der Waals surface area contributed by atoms with Gasteiger partial charge in [-0.15, -0.1) is 0 Å². The first-order chi connectivity index (χ1) is 22.2. The van der Waals surface area contributed by atoms with Crippen molar-refractivity contribution in [2.24, 2.45) is 0 Å². The smallest absolute Gasteiger partial charge is 0.323 e. The second kappa shape index (κ2) is 13.7. The molecular formula is C35H43N5O5S. The number of urea groups is 1. The second-order valence-electron chi connectivity index (χ2n) is 12.6. The maximum atomic E-state index is 13.6. The molecule has 46 heavy (non-hydrogen) atoms. The zero-order chi connectivity index (χ0) is 32.3. The third-order valence-electron chi connectivity index (χ3n) is 9.38. The molecule has 2 aliphatic heterocycles. The lowest BCUT2D eigenvalue weighted by Gasteiger charge is -2.31. The van der Waals surface area contributed by atoms with Gasteiger partial charge in [0, 0.05) is 43.7 Å². The summed E-state index contributed by atoms with van der Waals surface area (Å²) in [4.78, 5) is 30.4. The minimum absolute atomic E-state index is 0.0319. The number of benzene rings is 3.